The summed E-state index contributed by atoms with van der Waals surface area (Å²) in [6, 6.07) is 9.41. The van der Waals surface area contributed by atoms with Crippen LogP contribution in [0.15, 0.2) is 36.5 Å². The van der Waals surface area contributed by atoms with E-state index in [1.165, 1.54) is 12.8 Å². The number of nitrogens with one attached hydrogen (secondary N) is 2. The summed E-state index contributed by atoms with van der Waals surface area (Å²) in [5, 5.41) is 11.1. The largest absolute Gasteiger partial charge is 0.368 e. The number of aromatic nitrogens is 3. The van der Waals surface area contributed by atoms with Crippen molar-refractivity contribution < 1.29 is 4.79 Å². The van der Waals surface area contributed by atoms with Crippen molar-refractivity contribution >= 4 is 42.3 Å². The number of nitrogens with zero attached hydrogens (tertiary/aromatic N) is 3. The molecule has 1 aliphatic rings. The van der Waals surface area contributed by atoms with E-state index in [9.17, 15) is 4.79 Å². The molecule has 2 aromatic heterocycles. The molecule has 3 aromatic rings. The fourth-order valence-electron chi connectivity index (χ4n) is 2.96. The summed E-state index contributed by atoms with van der Waals surface area (Å²) in [4.78, 5) is 16.4. The Morgan fingerprint density at radius 2 is 2.11 bits per heavy atom. The fourth-order valence-corrected chi connectivity index (χ4v) is 3.19. The Bertz CT molecular complexity index is 985. The highest BCUT2D eigenvalue weighted by Gasteiger charge is 2.24. The first-order valence-electron chi connectivity index (χ1n) is 9.01. The first kappa shape index (κ1) is 17.9. The van der Waals surface area contributed by atoms with Gasteiger partial charge in [0, 0.05) is 42.4 Å². The predicted molar refractivity (Wildman–Crippen MR) is 108 cm³/mol. The summed E-state index contributed by atoms with van der Waals surface area (Å²) in [7, 11) is 6.01. The zero-order valence-electron chi connectivity index (χ0n) is 14.8. The van der Waals surface area contributed by atoms with Gasteiger partial charge in [0.2, 0.25) is 5.91 Å². The average Bonchev–Trinajstić information content (AvgIpc) is 3.40. The van der Waals surface area contributed by atoms with Gasteiger partial charge in [-0.2, -0.15) is 9.61 Å². The fraction of sp³-hybridized carbons (Fsp3) is 0.316. The van der Waals surface area contributed by atoms with Crippen molar-refractivity contribution in [2.24, 2.45) is 5.92 Å². The molecule has 0 bridgehead atoms. The number of carbonyl (C=O) groups is 1. The van der Waals surface area contributed by atoms with Gasteiger partial charge in [0.1, 0.15) is 13.7 Å². The Balaban J connectivity index is 1.52. The third kappa shape index (κ3) is 4.08. The first-order valence-corrected chi connectivity index (χ1v) is 9.39. The van der Waals surface area contributed by atoms with E-state index in [-0.39, 0.29) is 5.91 Å². The van der Waals surface area contributed by atoms with Gasteiger partial charge in [-0.3, -0.25) is 4.79 Å². The van der Waals surface area contributed by atoms with E-state index in [1.807, 2.05) is 30.3 Å². The molecule has 0 unspecified atom stereocenters. The van der Waals surface area contributed by atoms with Crippen LogP contribution in [0.5, 0.6) is 0 Å². The minimum absolute atomic E-state index is 0.110. The molecule has 8 heteroatoms. The second kappa shape index (κ2) is 7.60. The van der Waals surface area contributed by atoms with Crippen LogP contribution in [-0.4, -0.2) is 41.4 Å². The quantitative estimate of drug-likeness (QED) is 0.487. The van der Waals surface area contributed by atoms with Crippen LogP contribution >= 0.6 is 11.6 Å². The lowest BCUT2D eigenvalue weighted by Gasteiger charge is -2.12. The third-order valence-corrected chi connectivity index (χ3v) is 4.90. The number of hydrogen-bond donors (Lipinski definition) is 2. The van der Waals surface area contributed by atoms with E-state index in [0.717, 1.165) is 11.4 Å². The van der Waals surface area contributed by atoms with Crippen LogP contribution in [0.2, 0.25) is 5.02 Å². The van der Waals surface area contributed by atoms with E-state index in [4.69, 9.17) is 19.4 Å². The molecule has 1 saturated carbocycles. The number of rotatable bonds is 7. The van der Waals surface area contributed by atoms with Crippen LogP contribution in [0.4, 0.5) is 5.82 Å². The highest BCUT2D eigenvalue weighted by atomic mass is 35.5. The molecule has 2 radical (unpaired) electrons. The van der Waals surface area contributed by atoms with Gasteiger partial charge < -0.3 is 10.6 Å². The molecule has 0 saturated heterocycles. The molecule has 2 heterocycles. The van der Waals surface area contributed by atoms with E-state index in [0.29, 0.717) is 47.3 Å². The summed E-state index contributed by atoms with van der Waals surface area (Å²) < 4.78 is 1.65. The zero-order valence-corrected chi connectivity index (χ0v) is 15.5. The summed E-state index contributed by atoms with van der Waals surface area (Å²) >= 11 is 6.32. The third-order valence-electron chi connectivity index (χ3n) is 4.57. The Hall–Kier alpha value is -2.54. The van der Waals surface area contributed by atoms with Gasteiger partial charge in [-0.25, -0.2) is 4.98 Å². The van der Waals surface area contributed by atoms with E-state index in [2.05, 4.69) is 20.7 Å². The van der Waals surface area contributed by atoms with Crippen LogP contribution < -0.4 is 16.1 Å². The molecule has 1 amide bonds. The normalized spacial score (nSPS) is 13.7. The lowest BCUT2D eigenvalue weighted by molar-refractivity contribution is -0.121. The van der Waals surface area contributed by atoms with E-state index in [1.54, 1.807) is 10.7 Å². The molecule has 0 spiro atoms. The molecule has 4 rings (SSSR count). The second-order valence-corrected chi connectivity index (χ2v) is 7.17. The van der Waals surface area contributed by atoms with Crippen LogP contribution in [0.25, 0.3) is 16.9 Å². The Morgan fingerprint density at radius 1 is 1.30 bits per heavy atom. The Kier molecular flexibility index (Phi) is 5.03. The van der Waals surface area contributed by atoms with Gasteiger partial charge in [-0.15, -0.1) is 0 Å². The average molecular weight is 380 g/mol. The minimum atomic E-state index is 0.110. The molecular weight excluding hydrogens is 361 g/mol. The molecule has 0 aliphatic heterocycles. The standard InChI is InChI=1S/C19H19BClN5O/c20-14-11-24-26-17(22-7-8-23-18(27)9-12-5-6-12)10-16(25-19(14)26)13-3-1-2-4-15(13)21/h1-4,10-12,22H,5-9H2,(H,23,27). The van der Waals surface area contributed by atoms with Gasteiger partial charge in [0.15, 0.2) is 5.65 Å². The SMILES string of the molecule is [B]c1cnn2c(NCCNC(=O)CC3CC3)cc(-c3ccccc3Cl)nc12. The number of carbonyl (C=O) groups excluding carboxylic acids is 1. The van der Waals surface area contributed by atoms with Crippen molar-refractivity contribution in [1.82, 2.24) is 19.9 Å². The number of amides is 1. The predicted octanol–water partition coefficient (Wildman–Crippen LogP) is 2.17. The highest BCUT2D eigenvalue weighted by molar-refractivity contribution is 6.36. The summed E-state index contributed by atoms with van der Waals surface area (Å²) in [5.41, 5.74) is 2.58. The van der Waals surface area contributed by atoms with Gasteiger partial charge in [-0.05, 0) is 30.3 Å². The highest BCUT2D eigenvalue weighted by Crippen LogP contribution is 2.32. The van der Waals surface area contributed by atoms with Crippen molar-refractivity contribution in [3.8, 4) is 11.3 Å². The first-order chi connectivity index (χ1) is 13.1. The Labute approximate surface area is 163 Å². The Morgan fingerprint density at radius 3 is 2.89 bits per heavy atom. The summed E-state index contributed by atoms with van der Waals surface area (Å²) in [5.74, 6) is 1.44. The van der Waals surface area contributed by atoms with Crippen molar-refractivity contribution in [2.75, 3.05) is 18.4 Å². The van der Waals surface area contributed by atoms with E-state index >= 15 is 0 Å². The molecule has 6 nitrogen and oxygen atoms in total. The van der Waals surface area contributed by atoms with Crippen LogP contribution in [-0.2, 0) is 4.79 Å². The molecule has 1 aromatic carbocycles. The van der Waals surface area contributed by atoms with Crippen molar-refractivity contribution in [3.63, 3.8) is 0 Å². The van der Waals surface area contributed by atoms with Gasteiger partial charge in [-0.1, -0.05) is 29.8 Å². The summed E-state index contributed by atoms with van der Waals surface area (Å²) in [6.45, 7) is 1.10. The number of benzene rings is 1. The number of hydrogen-bond acceptors (Lipinski definition) is 4. The molecule has 0 atom stereocenters. The second-order valence-electron chi connectivity index (χ2n) is 6.77. The molecule has 1 aliphatic carbocycles. The van der Waals surface area contributed by atoms with Crippen LogP contribution in [0.1, 0.15) is 19.3 Å². The number of fused-ring (bicyclic) bond motifs is 1. The van der Waals surface area contributed by atoms with Gasteiger partial charge in [0.05, 0.1) is 5.69 Å². The monoisotopic (exact) mass is 379 g/mol. The lowest BCUT2D eigenvalue weighted by atomic mass is 10.0. The topological polar surface area (TPSA) is 71.3 Å². The molecule has 136 valence electrons. The molecule has 27 heavy (non-hydrogen) atoms. The van der Waals surface area contributed by atoms with Gasteiger partial charge in [0.25, 0.3) is 0 Å². The van der Waals surface area contributed by atoms with Crippen molar-refractivity contribution in [3.05, 3.63) is 41.6 Å². The molecule has 2 N–H and O–H groups in total. The number of halogens is 1. The zero-order chi connectivity index (χ0) is 18.8. The maximum absolute atomic E-state index is 11.8. The van der Waals surface area contributed by atoms with Crippen LogP contribution in [0.3, 0.4) is 0 Å². The lowest BCUT2D eigenvalue weighted by Crippen LogP contribution is -2.29. The van der Waals surface area contributed by atoms with E-state index < -0.39 is 0 Å². The molecular formula is C19H19BClN5O. The summed E-state index contributed by atoms with van der Waals surface area (Å²) in [6.07, 6.45) is 4.55. The van der Waals surface area contributed by atoms with Crippen molar-refractivity contribution in [1.29, 1.82) is 0 Å². The smallest absolute Gasteiger partial charge is 0.220 e. The maximum atomic E-state index is 11.8. The number of anilines is 1. The maximum Gasteiger partial charge on any atom is 0.220 e. The van der Waals surface area contributed by atoms with Crippen molar-refractivity contribution in [2.45, 2.75) is 19.3 Å². The van der Waals surface area contributed by atoms with Crippen LogP contribution in [0, 0.1) is 5.92 Å². The minimum Gasteiger partial charge on any atom is -0.368 e. The van der Waals surface area contributed by atoms with Gasteiger partial charge >= 0.3 is 0 Å². The molecule has 1 fully saturated rings.